The van der Waals surface area contributed by atoms with Crippen molar-refractivity contribution in [3.63, 3.8) is 0 Å². The monoisotopic (exact) mass is 368 g/mol. The minimum atomic E-state index is -0.679. The minimum absolute atomic E-state index is 0.214. The predicted octanol–water partition coefficient (Wildman–Crippen LogP) is 3.38. The molecule has 2 rings (SSSR count). The fourth-order valence-electron chi connectivity index (χ4n) is 1.85. The SMILES string of the molecule is COc1ccc(C(=O)OCC(=O)Nc2ccc(Cl)cc2Cl)cc1N. The van der Waals surface area contributed by atoms with Crippen LogP contribution in [0.25, 0.3) is 0 Å². The Morgan fingerprint density at radius 2 is 1.92 bits per heavy atom. The lowest BCUT2D eigenvalue weighted by Crippen LogP contribution is -2.21. The first-order valence-electron chi connectivity index (χ1n) is 6.76. The molecule has 0 fully saturated rings. The van der Waals surface area contributed by atoms with E-state index in [1.54, 1.807) is 18.2 Å². The summed E-state index contributed by atoms with van der Waals surface area (Å²) in [5.41, 5.74) is 6.60. The number of methoxy groups -OCH3 is 1. The number of ether oxygens (including phenoxy) is 2. The number of carbonyl (C=O) groups excluding carboxylic acids is 2. The normalized spacial score (nSPS) is 10.1. The standard InChI is InChI=1S/C16H14Cl2N2O4/c1-23-14-5-2-9(6-12(14)19)16(22)24-8-15(21)20-13-4-3-10(17)7-11(13)18/h2-7H,8,19H2,1H3,(H,20,21). The zero-order valence-corrected chi connectivity index (χ0v) is 14.1. The van der Waals surface area contributed by atoms with E-state index in [-0.39, 0.29) is 10.6 Å². The maximum atomic E-state index is 11.9. The zero-order valence-electron chi connectivity index (χ0n) is 12.6. The number of benzene rings is 2. The van der Waals surface area contributed by atoms with Crippen molar-refractivity contribution in [2.75, 3.05) is 24.8 Å². The molecular formula is C16H14Cl2N2O4. The second kappa shape index (κ2) is 7.90. The van der Waals surface area contributed by atoms with Gasteiger partial charge in [0.15, 0.2) is 6.61 Å². The van der Waals surface area contributed by atoms with Gasteiger partial charge in [-0.25, -0.2) is 4.79 Å². The molecule has 8 heteroatoms. The molecule has 24 heavy (non-hydrogen) atoms. The van der Waals surface area contributed by atoms with E-state index in [0.29, 0.717) is 22.1 Å². The smallest absolute Gasteiger partial charge is 0.338 e. The van der Waals surface area contributed by atoms with Gasteiger partial charge in [0, 0.05) is 5.02 Å². The largest absolute Gasteiger partial charge is 0.495 e. The molecule has 126 valence electrons. The van der Waals surface area contributed by atoms with Crippen LogP contribution in [0.5, 0.6) is 5.75 Å². The van der Waals surface area contributed by atoms with Gasteiger partial charge in [-0.15, -0.1) is 0 Å². The van der Waals surface area contributed by atoms with Crippen LogP contribution in [0.3, 0.4) is 0 Å². The highest BCUT2D eigenvalue weighted by Gasteiger charge is 2.13. The molecule has 0 unspecified atom stereocenters. The van der Waals surface area contributed by atoms with Crippen molar-refractivity contribution >= 4 is 46.5 Å². The number of hydrogen-bond acceptors (Lipinski definition) is 5. The van der Waals surface area contributed by atoms with Crippen LogP contribution in [0.2, 0.25) is 10.0 Å². The summed E-state index contributed by atoms with van der Waals surface area (Å²) in [6, 6.07) is 9.06. The molecule has 0 spiro atoms. The van der Waals surface area contributed by atoms with Gasteiger partial charge in [-0.05, 0) is 36.4 Å². The lowest BCUT2D eigenvalue weighted by molar-refractivity contribution is -0.119. The molecule has 6 nitrogen and oxygen atoms in total. The Bertz CT molecular complexity index is 781. The quantitative estimate of drug-likeness (QED) is 0.623. The third-order valence-corrected chi connectivity index (χ3v) is 3.55. The van der Waals surface area contributed by atoms with Crippen molar-refractivity contribution in [1.29, 1.82) is 0 Å². The Kier molecular flexibility index (Phi) is 5.89. The van der Waals surface area contributed by atoms with Crippen LogP contribution < -0.4 is 15.8 Å². The van der Waals surface area contributed by atoms with Crippen LogP contribution in [0.15, 0.2) is 36.4 Å². The van der Waals surface area contributed by atoms with Crippen LogP contribution in [0.1, 0.15) is 10.4 Å². The molecule has 0 aliphatic heterocycles. The molecule has 2 aromatic carbocycles. The fourth-order valence-corrected chi connectivity index (χ4v) is 2.31. The van der Waals surface area contributed by atoms with Crippen LogP contribution >= 0.6 is 23.2 Å². The van der Waals surface area contributed by atoms with Gasteiger partial charge in [-0.1, -0.05) is 23.2 Å². The Balaban J connectivity index is 1.93. The second-order valence-corrected chi connectivity index (χ2v) is 5.55. The third-order valence-electron chi connectivity index (χ3n) is 3.00. The Hall–Kier alpha value is -2.44. The molecule has 0 aliphatic carbocycles. The molecule has 0 saturated heterocycles. The number of esters is 1. The molecule has 0 aromatic heterocycles. The van der Waals surface area contributed by atoms with E-state index in [1.165, 1.54) is 25.3 Å². The van der Waals surface area contributed by atoms with E-state index in [0.717, 1.165) is 0 Å². The number of nitrogen functional groups attached to an aromatic ring is 1. The van der Waals surface area contributed by atoms with Crippen molar-refractivity contribution < 1.29 is 19.1 Å². The summed E-state index contributed by atoms with van der Waals surface area (Å²) in [6.45, 7) is -0.469. The number of hydrogen-bond donors (Lipinski definition) is 2. The van der Waals surface area contributed by atoms with Crippen LogP contribution in [-0.4, -0.2) is 25.6 Å². The summed E-state index contributed by atoms with van der Waals surface area (Å²) in [6.07, 6.45) is 0. The van der Waals surface area contributed by atoms with Crippen molar-refractivity contribution in [2.24, 2.45) is 0 Å². The summed E-state index contributed by atoms with van der Waals surface area (Å²) in [7, 11) is 1.47. The molecule has 2 aromatic rings. The number of amides is 1. The highest BCUT2D eigenvalue weighted by molar-refractivity contribution is 6.36. The molecule has 0 atom stereocenters. The van der Waals surface area contributed by atoms with Crippen molar-refractivity contribution in [3.8, 4) is 5.75 Å². The summed E-state index contributed by atoms with van der Waals surface area (Å²) >= 11 is 11.7. The maximum absolute atomic E-state index is 11.9. The van der Waals surface area contributed by atoms with E-state index in [2.05, 4.69) is 5.32 Å². The predicted molar refractivity (Wildman–Crippen MR) is 92.8 cm³/mol. The van der Waals surface area contributed by atoms with E-state index < -0.39 is 18.5 Å². The van der Waals surface area contributed by atoms with E-state index in [4.69, 9.17) is 38.4 Å². The topological polar surface area (TPSA) is 90.6 Å². The number of halogens is 2. The first-order valence-corrected chi connectivity index (χ1v) is 7.52. The number of carbonyl (C=O) groups is 2. The molecule has 1 amide bonds. The van der Waals surface area contributed by atoms with Gasteiger partial charge in [-0.3, -0.25) is 4.79 Å². The summed E-state index contributed by atoms with van der Waals surface area (Å²) < 4.78 is 9.94. The molecule has 3 N–H and O–H groups in total. The Morgan fingerprint density at radius 3 is 2.54 bits per heavy atom. The van der Waals surface area contributed by atoms with Gasteiger partial charge in [0.1, 0.15) is 5.75 Å². The van der Waals surface area contributed by atoms with Gasteiger partial charge < -0.3 is 20.5 Å². The van der Waals surface area contributed by atoms with E-state index in [1.807, 2.05) is 0 Å². The van der Waals surface area contributed by atoms with Gasteiger partial charge in [0.25, 0.3) is 5.91 Å². The highest BCUT2D eigenvalue weighted by atomic mass is 35.5. The number of rotatable bonds is 5. The number of nitrogens with two attached hydrogens (primary N) is 1. The van der Waals surface area contributed by atoms with Gasteiger partial charge in [0.2, 0.25) is 0 Å². The zero-order chi connectivity index (χ0) is 17.7. The average molecular weight is 369 g/mol. The number of anilines is 2. The van der Waals surface area contributed by atoms with E-state index in [9.17, 15) is 9.59 Å². The van der Waals surface area contributed by atoms with Crippen molar-refractivity contribution in [3.05, 3.63) is 52.0 Å². The number of nitrogens with one attached hydrogen (secondary N) is 1. The van der Waals surface area contributed by atoms with Crippen LogP contribution in [-0.2, 0) is 9.53 Å². The van der Waals surface area contributed by atoms with Gasteiger partial charge >= 0.3 is 5.97 Å². The van der Waals surface area contributed by atoms with Crippen molar-refractivity contribution in [2.45, 2.75) is 0 Å². The van der Waals surface area contributed by atoms with Gasteiger partial charge in [-0.2, -0.15) is 0 Å². The maximum Gasteiger partial charge on any atom is 0.338 e. The molecule has 0 saturated carbocycles. The molecule has 0 aliphatic rings. The Morgan fingerprint density at radius 1 is 1.17 bits per heavy atom. The van der Waals surface area contributed by atoms with Gasteiger partial charge in [0.05, 0.1) is 29.1 Å². The summed E-state index contributed by atoms with van der Waals surface area (Å²) in [5, 5.41) is 3.25. The minimum Gasteiger partial charge on any atom is -0.495 e. The lowest BCUT2D eigenvalue weighted by Gasteiger charge is -2.09. The molecular weight excluding hydrogens is 355 g/mol. The average Bonchev–Trinajstić information content (AvgIpc) is 2.55. The lowest BCUT2D eigenvalue weighted by atomic mass is 10.2. The van der Waals surface area contributed by atoms with Crippen molar-refractivity contribution in [1.82, 2.24) is 0 Å². The van der Waals surface area contributed by atoms with Crippen LogP contribution in [0.4, 0.5) is 11.4 Å². The summed E-state index contributed by atoms with van der Waals surface area (Å²) in [4.78, 5) is 23.8. The summed E-state index contributed by atoms with van der Waals surface area (Å²) in [5.74, 6) is -0.766. The molecule has 0 radical (unpaired) electrons. The Labute approximate surface area is 148 Å². The van der Waals surface area contributed by atoms with E-state index >= 15 is 0 Å². The fraction of sp³-hybridized carbons (Fsp3) is 0.125. The van der Waals surface area contributed by atoms with Crippen LogP contribution in [0, 0.1) is 0 Å². The molecule has 0 bridgehead atoms. The highest BCUT2D eigenvalue weighted by Crippen LogP contribution is 2.25. The first kappa shape index (κ1) is 17.9. The molecule has 0 heterocycles. The first-order chi connectivity index (χ1) is 11.4. The third kappa shape index (κ3) is 4.53. The second-order valence-electron chi connectivity index (χ2n) is 4.71.